The van der Waals surface area contributed by atoms with Crippen molar-refractivity contribution in [1.29, 1.82) is 0 Å². The molecule has 20 heavy (non-hydrogen) atoms. The van der Waals surface area contributed by atoms with E-state index < -0.39 is 10.7 Å². The lowest BCUT2D eigenvalue weighted by Gasteiger charge is -2.37. The molecule has 2 fully saturated rings. The molecule has 0 amide bonds. The molecule has 2 aliphatic rings. The van der Waals surface area contributed by atoms with Crippen LogP contribution in [0.15, 0.2) is 18.2 Å². The van der Waals surface area contributed by atoms with E-state index in [1.807, 2.05) is 0 Å². The molecule has 1 aromatic rings. The van der Waals surface area contributed by atoms with Crippen LogP contribution in [0.3, 0.4) is 0 Å². The molecule has 3 rings (SSSR count). The third kappa shape index (κ3) is 2.53. The number of hydrogen-bond acceptors (Lipinski definition) is 4. The van der Waals surface area contributed by atoms with Gasteiger partial charge in [0.05, 0.1) is 17.1 Å². The van der Waals surface area contributed by atoms with Crippen LogP contribution in [-0.2, 0) is 6.54 Å². The van der Waals surface area contributed by atoms with Gasteiger partial charge < -0.3 is 5.11 Å². The van der Waals surface area contributed by atoms with E-state index in [4.69, 9.17) is 0 Å². The Bertz CT molecular complexity index is 523. The third-order valence-corrected chi connectivity index (χ3v) is 4.38. The van der Waals surface area contributed by atoms with Gasteiger partial charge in [-0.15, -0.1) is 0 Å². The minimum Gasteiger partial charge on any atom is -0.393 e. The summed E-state index contributed by atoms with van der Waals surface area (Å²) < 4.78 is 13.5. The largest absolute Gasteiger partial charge is 0.393 e. The molecule has 2 unspecified atom stereocenters. The van der Waals surface area contributed by atoms with Crippen LogP contribution in [0.2, 0.25) is 0 Å². The molecule has 0 spiro atoms. The van der Waals surface area contributed by atoms with Crippen LogP contribution in [0.4, 0.5) is 10.1 Å². The number of halogens is 1. The van der Waals surface area contributed by atoms with E-state index in [0.717, 1.165) is 31.7 Å². The molecule has 0 radical (unpaired) electrons. The second-order valence-electron chi connectivity index (χ2n) is 5.76. The van der Waals surface area contributed by atoms with Crippen LogP contribution in [0, 0.1) is 15.9 Å². The molecule has 2 atom stereocenters. The number of fused-ring (bicyclic) bond motifs is 2. The zero-order valence-corrected chi connectivity index (χ0v) is 11.0. The van der Waals surface area contributed by atoms with E-state index in [1.165, 1.54) is 12.1 Å². The van der Waals surface area contributed by atoms with Crippen LogP contribution in [0.5, 0.6) is 0 Å². The van der Waals surface area contributed by atoms with Gasteiger partial charge >= 0.3 is 0 Å². The molecule has 0 saturated carbocycles. The summed E-state index contributed by atoms with van der Waals surface area (Å²) in [5.41, 5.74) is 0.425. The van der Waals surface area contributed by atoms with Crippen molar-refractivity contribution in [3.05, 3.63) is 39.7 Å². The first-order valence-corrected chi connectivity index (χ1v) is 6.90. The highest BCUT2D eigenvalue weighted by atomic mass is 19.1. The minimum atomic E-state index is -0.571. The SMILES string of the molecule is O=[N+]([O-])c1cc(F)cc(CN2C3CCC2CC(O)C3)c1. The van der Waals surface area contributed by atoms with Crippen molar-refractivity contribution in [3.8, 4) is 0 Å². The van der Waals surface area contributed by atoms with Gasteiger partial charge in [-0.05, 0) is 37.3 Å². The first-order valence-electron chi connectivity index (χ1n) is 6.90. The molecule has 1 N–H and O–H groups in total. The number of piperidine rings is 1. The summed E-state index contributed by atoms with van der Waals surface area (Å²) in [6.07, 6.45) is 3.32. The third-order valence-electron chi connectivity index (χ3n) is 4.38. The fourth-order valence-corrected chi connectivity index (χ4v) is 3.54. The Balaban J connectivity index is 1.80. The molecular formula is C14H17FN2O3. The van der Waals surface area contributed by atoms with Crippen LogP contribution in [0.25, 0.3) is 0 Å². The number of nitro benzene ring substituents is 1. The normalized spacial score (nSPS) is 29.6. The predicted molar refractivity (Wildman–Crippen MR) is 70.6 cm³/mol. The molecule has 2 bridgehead atoms. The van der Waals surface area contributed by atoms with Gasteiger partial charge in [0.15, 0.2) is 0 Å². The highest BCUT2D eigenvalue weighted by Crippen LogP contribution is 2.37. The first kappa shape index (κ1) is 13.5. The Morgan fingerprint density at radius 2 is 1.95 bits per heavy atom. The second-order valence-corrected chi connectivity index (χ2v) is 5.76. The van der Waals surface area contributed by atoms with Gasteiger partial charge in [-0.1, -0.05) is 0 Å². The Morgan fingerprint density at radius 1 is 1.30 bits per heavy atom. The number of benzene rings is 1. The molecule has 1 aromatic carbocycles. The Kier molecular flexibility index (Phi) is 3.43. The summed E-state index contributed by atoms with van der Waals surface area (Å²) in [4.78, 5) is 12.5. The predicted octanol–water partition coefficient (Wildman–Crippen LogP) is 2.22. The highest BCUT2D eigenvalue weighted by Gasteiger charge is 2.39. The van der Waals surface area contributed by atoms with Gasteiger partial charge in [-0.2, -0.15) is 0 Å². The van der Waals surface area contributed by atoms with E-state index >= 15 is 0 Å². The molecular weight excluding hydrogens is 263 g/mol. The molecule has 2 saturated heterocycles. The van der Waals surface area contributed by atoms with Crippen molar-refractivity contribution in [2.24, 2.45) is 0 Å². The average molecular weight is 280 g/mol. The van der Waals surface area contributed by atoms with Crippen molar-refractivity contribution in [2.75, 3.05) is 0 Å². The summed E-state index contributed by atoms with van der Waals surface area (Å²) in [5.74, 6) is -0.571. The standard InChI is InChI=1S/C14H17FN2O3/c15-10-3-9(4-13(5-10)17(19)20)8-16-11-1-2-12(16)7-14(18)6-11/h3-5,11-12,14,18H,1-2,6-8H2. The fourth-order valence-electron chi connectivity index (χ4n) is 3.54. The van der Waals surface area contributed by atoms with E-state index in [9.17, 15) is 19.6 Å². The first-order chi connectivity index (χ1) is 9.52. The van der Waals surface area contributed by atoms with Crippen LogP contribution in [-0.4, -0.2) is 33.1 Å². The maximum absolute atomic E-state index is 13.5. The molecule has 0 aliphatic carbocycles. The maximum Gasteiger partial charge on any atom is 0.272 e. The molecule has 0 aromatic heterocycles. The summed E-state index contributed by atoms with van der Waals surface area (Å²) in [7, 11) is 0. The minimum absolute atomic E-state index is 0.204. The molecule has 5 nitrogen and oxygen atoms in total. The quantitative estimate of drug-likeness (QED) is 0.681. The van der Waals surface area contributed by atoms with Gasteiger partial charge in [-0.3, -0.25) is 15.0 Å². The Labute approximate surface area is 116 Å². The Morgan fingerprint density at radius 3 is 2.55 bits per heavy atom. The van der Waals surface area contributed by atoms with Crippen molar-refractivity contribution >= 4 is 5.69 Å². The number of rotatable bonds is 3. The summed E-state index contributed by atoms with van der Waals surface area (Å²) in [6, 6.07) is 4.36. The van der Waals surface area contributed by atoms with Crippen LogP contribution < -0.4 is 0 Å². The second kappa shape index (κ2) is 5.10. The van der Waals surface area contributed by atoms with Crippen molar-refractivity contribution < 1.29 is 14.4 Å². The van der Waals surface area contributed by atoms with Crippen molar-refractivity contribution in [2.45, 2.75) is 50.4 Å². The number of aliphatic hydroxyl groups excluding tert-OH is 1. The van der Waals surface area contributed by atoms with Gasteiger partial charge in [-0.25, -0.2) is 4.39 Å². The topological polar surface area (TPSA) is 66.6 Å². The maximum atomic E-state index is 13.5. The van der Waals surface area contributed by atoms with Crippen molar-refractivity contribution in [1.82, 2.24) is 4.90 Å². The van der Waals surface area contributed by atoms with E-state index in [0.29, 0.717) is 24.2 Å². The van der Waals surface area contributed by atoms with Gasteiger partial charge in [0, 0.05) is 24.7 Å². The molecule has 6 heteroatoms. The smallest absolute Gasteiger partial charge is 0.272 e. The lowest BCUT2D eigenvalue weighted by Crippen LogP contribution is -2.44. The van der Waals surface area contributed by atoms with Crippen LogP contribution >= 0.6 is 0 Å². The summed E-state index contributed by atoms with van der Waals surface area (Å²) >= 11 is 0. The molecule has 2 aliphatic heterocycles. The summed E-state index contributed by atoms with van der Waals surface area (Å²) in [5, 5.41) is 20.5. The highest BCUT2D eigenvalue weighted by molar-refractivity contribution is 5.35. The van der Waals surface area contributed by atoms with E-state index in [-0.39, 0.29) is 11.8 Å². The summed E-state index contributed by atoms with van der Waals surface area (Å²) in [6.45, 7) is 0.515. The van der Waals surface area contributed by atoms with E-state index in [1.54, 1.807) is 0 Å². The van der Waals surface area contributed by atoms with Gasteiger partial charge in [0.1, 0.15) is 5.82 Å². The van der Waals surface area contributed by atoms with Gasteiger partial charge in [0.25, 0.3) is 5.69 Å². The number of nitrogens with zero attached hydrogens (tertiary/aromatic N) is 2. The van der Waals surface area contributed by atoms with Gasteiger partial charge in [0.2, 0.25) is 0 Å². The molecule has 108 valence electrons. The van der Waals surface area contributed by atoms with Crippen molar-refractivity contribution in [3.63, 3.8) is 0 Å². The zero-order chi connectivity index (χ0) is 14.3. The van der Waals surface area contributed by atoms with Crippen LogP contribution in [0.1, 0.15) is 31.2 Å². The van der Waals surface area contributed by atoms with E-state index in [2.05, 4.69) is 4.90 Å². The zero-order valence-electron chi connectivity index (χ0n) is 11.0. The fraction of sp³-hybridized carbons (Fsp3) is 0.571. The number of nitro groups is 1. The lowest BCUT2D eigenvalue weighted by atomic mass is 9.99. The average Bonchev–Trinajstić information content (AvgIpc) is 2.61. The number of aliphatic hydroxyl groups is 1. The number of non-ortho nitro benzene ring substituents is 1. The monoisotopic (exact) mass is 280 g/mol. The molecule has 2 heterocycles. The number of hydrogen-bond donors (Lipinski definition) is 1. The Hall–Kier alpha value is -1.53. The lowest BCUT2D eigenvalue weighted by molar-refractivity contribution is -0.385.